The molecule has 88 valence electrons. The minimum Gasteiger partial charge on any atom is -0.207 e. The van der Waals surface area contributed by atoms with Crippen LogP contribution in [0.15, 0.2) is 18.2 Å². The number of hydrogen-bond acceptors (Lipinski definition) is 0. The second-order valence-electron chi connectivity index (χ2n) is 4.82. The maximum atomic E-state index is 13.0. The first-order chi connectivity index (χ1) is 7.66. The van der Waals surface area contributed by atoms with E-state index in [1.165, 1.54) is 24.5 Å². The summed E-state index contributed by atoms with van der Waals surface area (Å²) in [6, 6.07) is 5.02. The van der Waals surface area contributed by atoms with Crippen LogP contribution in [0.3, 0.4) is 0 Å². The molecule has 0 aromatic heterocycles. The number of rotatable bonds is 5. The van der Waals surface area contributed by atoms with E-state index in [-0.39, 0.29) is 5.82 Å². The zero-order valence-electron chi connectivity index (χ0n) is 9.68. The Kier molecular flexibility index (Phi) is 3.86. The molecule has 0 radical (unpaired) electrons. The smallest absolute Gasteiger partial charge is 0.123 e. The molecule has 0 saturated heterocycles. The van der Waals surface area contributed by atoms with Crippen molar-refractivity contribution in [1.29, 1.82) is 0 Å². The Morgan fingerprint density at radius 2 is 2.19 bits per heavy atom. The van der Waals surface area contributed by atoms with E-state index in [1.807, 2.05) is 13.0 Å². The highest BCUT2D eigenvalue weighted by atomic mass is 35.5. The summed E-state index contributed by atoms with van der Waals surface area (Å²) >= 11 is 6.24. The first-order valence-electron chi connectivity index (χ1n) is 6.06. The van der Waals surface area contributed by atoms with E-state index >= 15 is 0 Å². The molecule has 16 heavy (non-hydrogen) atoms. The van der Waals surface area contributed by atoms with Crippen molar-refractivity contribution in [3.63, 3.8) is 0 Å². The van der Waals surface area contributed by atoms with Gasteiger partial charge in [-0.3, -0.25) is 0 Å². The first-order valence-corrected chi connectivity index (χ1v) is 6.49. The van der Waals surface area contributed by atoms with Crippen LogP contribution in [0.1, 0.15) is 36.8 Å². The summed E-state index contributed by atoms with van der Waals surface area (Å²) < 4.78 is 13.0. The molecule has 1 aliphatic rings. The van der Waals surface area contributed by atoms with Crippen molar-refractivity contribution in [2.24, 2.45) is 5.92 Å². The summed E-state index contributed by atoms with van der Waals surface area (Å²) in [5.74, 6) is 0.625. The number of hydrogen-bond donors (Lipinski definition) is 0. The van der Waals surface area contributed by atoms with Gasteiger partial charge in [-0.05, 0) is 68.2 Å². The minimum absolute atomic E-state index is 0.134. The molecule has 2 heteroatoms. The van der Waals surface area contributed by atoms with Crippen molar-refractivity contribution in [2.45, 2.75) is 44.4 Å². The predicted molar refractivity (Wildman–Crippen MR) is 66.4 cm³/mol. The van der Waals surface area contributed by atoms with Crippen LogP contribution in [0.4, 0.5) is 4.39 Å². The second kappa shape index (κ2) is 5.18. The Labute approximate surface area is 102 Å². The third kappa shape index (κ3) is 3.21. The zero-order chi connectivity index (χ0) is 11.5. The summed E-state index contributed by atoms with van der Waals surface area (Å²) in [5.41, 5.74) is 2.30. The van der Waals surface area contributed by atoms with Gasteiger partial charge in [-0.1, -0.05) is 6.07 Å². The normalized spacial score (nSPS) is 17.4. The van der Waals surface area contributed by atoms with Gasteiger partial charge in [0.05, 0.1) is 0 Å². The van der Waals surface area contributed by atoms with Crippen LogP contribution >= 0.6 is 11.6 Å². The summed E-state index contributed by atoms with van der Waals surface area (Å²) in [5, 5.41) is 0.342. The summed E-state index contributed by atoms with van der Waals surface area (Å²) in [6.45, 7) is 2.04. The molecule has 0 N–H and O–H groups in total. The monoisotopic (exact) mass is 240 g/mol. The summed E-state index contributed by atoms with van der Waals surface area (Å²) in [6.07, 6.45) is 5.66. The fourth-order valence-corrected chi connectivity index (χ4v) is 2.50. The Bertz CT molecular complexity index is 358. The molecule has 1 saturated carbocycles. The number of halogens is 2. The van der Waals surface area contributed by atoms with Crippen molar-refractivity contribution in [1.82, 2.24) is 0 Å². The molecule has 1 unspecified atom stereocenters. The Balaban J connectivity index is 1.81. The lowest BCUT2D eigenvalue weighted by atomic mass is 10.0. The molecule has 2 rings (SSSR count). The molecule has 0 nitrogen and oxygen atoms in total. The van der Waals surface area contributed by atoms with Crippen molar-refractivity contribution < 1.29 is 4.39 Å². The van der Waals surface area contributed by atoms with Crippen LogP contribution in [0.2, 0.25) is 0 Å². The van der Waals surface area contributed by atoms with Gasteiger partial charge < -0.3 is 0 Å². The van der Waals surface area contributed by atoms with Crippen LogP contribution in [-0.2, 0) is 6.42 Å². The van der Waals surface area contributed by atoms with E-state index in [0.717, 1.165) is 30.7 Å². The van der Waals surface area contributed by atoms with Gasteiger partial charge in [0.15, 0.2) is 0 Å². The molecule has 1 fully saturated rings. The maximum Gasteiger partial charge on any atom is 0.123 e. The first kappa shape index (κ1) is 11.9. The lowest BCUT2D eigenvalue weighted by Gasteiger charge is -2.09. The van der Waals surface area contributed by atoms with Gasteiger partial charge in [0.1, 0.15) is 5.82 Å². The molecule has 0 heterocycles. The van der Waals surface area contributed by atoms with Gasteiger partial charge in [0.2, 0.25) is 0 Å². The van der Waals surface area contributed by atoms with Crippen LogP contribution in [-0.4, -0.2) is 5.38 Å². The average molecular weight is 241 g/mol. The lowest BCUT2D eigenvalue weighted by Crippen LogP contribution is -2.02. The van der Waals surface area contributed by atoms with Crippen molar-refractivity contribution in [3.8, 4) is 0 Å². The molecule has 1 aromatic rings. The molecular formula is C14H18ClF. The SMILES string of the molecule is Cc1ccc(F)cc1CCCC(Cl)C1CC1. The van der Waals surface area contributed by atoms with Crippen LogP contribution < -0.4 is 0 Å². The number of alkyl halides is 1. The highest BCUT2D eigenvalue weighted by Gasteiger charge is 2.28. The highest BCUT2D eigenvalue weighted by molar-refractivity contribution is 6.20. The van der Waals surface area contributed by atoms with E-state index in [1.54, 1.807) is 6.07 Å². The molecule has 1 atom stereocenters. The molecular weight excluding hydrogens is 223 g/mol. The van der Waals surface area contributed by atoms with E-state index in [9.17, 15) is 4.39 Å². The molecule has 0 aliphatic heterocycles. The van der Waals surface area contributed by atoms with E-state index < -0.39 is 0 Å². The number of aryl methyl sites for hydroxylation is 2. The largest absolute Gasteiger partial charge is 0.207 e. The van der Waals surface area contributed by atoms with Crippen LogP contribution in [0.25, 0.3) is 0 Å². The van der Waals surface area contributed by atoms with E-state index in [2.05, 4.69) is 0 Å². The minimum atomic E-state index is -0.134. The Hall–Kier alpha value is -0.560. The average Bonchev–Trinajstić information content (AvgIpc) is 3.06. The summed E-state index contributed by atoms with van der Waals surface area (Å²) in [4.78, 5) is 0. The highest BCUT2D eigenvalue weighted by Crippen LogP contribution is 2.37. The molecule has 1 aliphatic carbocycles. The quantitative estimate of drug-likeness (QED) is 0.666. The van der Waals surface area contributed by atoms with Gasteiger partial charge in [-0.2, -0.15) is 0 Å². The summed E-state index contributed by atoms with van der Waals surface area (Å²) in [7, 11) is 0. The van der Waals surface area contributed by atoms with Crippen molar-refractivity contribution in [2.75, 3.05) is 0 Å². The lowest BCUT2D eigenvalue weighted by molar-refractivity contribution is 0.615. The topological polar surface area (TPSA) is 0 Å². The van der Waals surface area contributed by atoms with Gasteiger partial charge in [-0.25, -0.2) is 4.39 Å². The molecule has 1 aromatic carbocycles. The van der Waals surface area contributed by atoms with Crippen molar-refractivity contribution >= 4 is 11.6 Å². The fraction of sp³-hybridized carbons (Fsp3) is 0.571. The molecule has 0 spiro atoms. The van der Waals surface area contributed by atoms with Gasteiger partial charge in [-0.15, -0.1) is 11.6 Å². The maximum absolute atomic E-state index is 13.0. The standard InChI is InChI=1S/C14H18ClF/c1-10-5-8-13(16)9-12(10)3-2-4-14(15)11-6-7-11/h5,8-9,11,14H,2-4,6-7H2,1H3. The zero-order valence-corrected chi connectivity index (χ0v) is 10.4. The molecule has 0 bridgehead atoms. The molecule has 0 amide bonds. The Morgan fingerprint density at radius 3 is 2.88 bits per heavy atom. The Morgan fingerprint density at radius 1 is 1.44 bits per heavy atom. The second-order valence-corrected chi connectivity index (χ2v) is 5.38. The van der Waals surface area contributed by atoms with Crippen LogP contribution in [0.5, 0.6) is 0 Å². The van der Waals surface area contributed by atoms with Gasteiger partial charge >= 0.3 is 0 Å². The third-order valence-electron chi connectivity index (χ3n) is 3.37. The third-order valence-corrected chi connectivity index (χ3v) is 3.95. The fourth-order valence-electron chi connectivity index (χ4n) is 2.09. The predicted octanol–water partition coefficient (Wildman–Crippen LogP) is 4.47. The van der Waals surface area contributed by atoms with E-state index in [0.29, 0.717) is 5.38 Å². The van der Waals surface area contributed by atoms with Gasteiger partial charge in [0.25, 0.3) is 0 Å². The number of benzene rings is 1. The van der Waals surface area contributed by atoms with Crippen molar-refractivity contribution in [3.05, 3.63) is 35.1 Å². The van der Waals surface area contributed by atoms with Crippen LogP contribution in [0, 0.1) is 18.7 Å². The van der Waals surface area contributed by atoms with Gasteiger partial charge in [0, 0.05) is 5.38 Å². The van der Waals surface area contributed by atoms with E-state index in [4.69, 9.17) is 11.6 Å².